The third-order valence-electron chi connectivity index (χ3n) is 4.96. The van der Waals surface area contributed by atoms with Gasteiger partial charge < -0.3 is 10.4 Å². The molecule has 1 aliphatic carbocycles. The van der Waals surface area contributed by atoms with Crippen molar-refractivity contribution in [3.63, 3.8) is 0 Å². The topological polar surface area (TPSA) is 67.2 Å². The van der Waals surface area contributed by atoms with E-state index in [1.807, 2.05) is 28.9 Å². The fourth-order valence-corrected chi connectivity index (χ4v) is 3.06. The minimum Gasteiger partial charge on any atom is -0.392 e. The van der Waals surface area contributed by atoms with Gasteiger partial charge in [-0.3, -0.25) is 9.48 Å². The number of hydrogen-bond acceptors (Lipinski definition) is 3. The van der Waals surface area contributed by atoms with Gasteiger partial charge in [-0.1, -0.05) is 31.2 Å². The van der Waals surface area contributed by atoms with Crippen LogP contribution in [0.1, 0.15) is 72.2 Å². The molecule has 1 amide bonds. The molecular formula is C20H27N3O2. The third kappa shape index (κ3) is 4.10. The summed E-state index contributed by atoms with van der Waals surface area (Å²) in [6, 6.07) is 8.14. The van der Waals surface area contributed by atoms with E-state index < -0.39 is 0 Å². The maximum atomic E-state index is 12.6. The van der Waals surface area contributed by atoms with E-state index in [2.05, 4.69) is 24.3 Å². The van der Waals surface area contributed by atoms with Crippen LogP contribution in [0.4, 0.5) is 0 Å². The highest BCUT2D eigenvalue weighted by Crippen LogP contribution is 2.42. The molecule has 1 aliphatic rings. The van der Waals surface area contributed by atoms with Crippen LogP contribution in [0.15, 0.2) is 30.5 Å². The zero-order chi connectivity index (χ0) is 17.8. The van der Waals surface area contributed by atoms with Crippen molar-refractivity contribution in [1.82, 2.24) is 15.1 Å². The third-order valence-corrected chi connectivity index (χ3v) is 4.96. The lowest BCUT2D eigenvalue weighted by atomic mass is 10.1. The fourth-order valence-electron chi connectivity index (χ4n) is 3.06. The lowest BCUT2D eigenvalue weighted by Gasteiger charge is -2.14. The number of rotatable bonds is 8. The Morgan fingerprint density at radius 3 is 2.60 bits per heavy atom. The van der Waals surface area contributed by atoms with Gasteiger partial charge >= 0.3 is 0 Å². The summed E-state index contributed by atoms with van der Waals surface area (Å²) in [4.78, 5) is 12.6. The molecule has 134 valence electrons. The molecule has 1 heterocycles. The minimum absolute atomic E-state index is 0.0246. The average Bonchev–Trinajstić information content (AvgIpc) is 3.39. The zero-order valence-corrected chi connectivity index (χ0v) is 15.0. The quantitative estimate of drug-likeness (QED) is 0.775. The van der Waals surface area contributed by atoms with E-state index in [4.69, 9.17) is 5.11 Å². The van der Waals surface area contributed by atoms with Crippen LogP contribution in [0.5, 0.6) is 0 Å². The molecule has 25 heavy (non-hydrogen) atoms. The SMILES string of the molecule is CCC(C)n1ncc(C(=O)NCCc2ccc(CO)cc2)c1C1CC1. The van der Waals surface area contributed by atoms with E-state index in [0.717, 1.165) is 48.1 Å². The molecule has 0 saturated heterocycles. The van der Waals surface area contributed by atoms with Crippen molar-refractivity contribution < 1.29 is 9.90 Å². The molecule has 5 heteroatoms. The summed E-state index contributed by atoms with van der Waals surface area (Å²) in [5.41, 5.74) is 3.90. The van der Waals surface area contributed by atoms with Gasteiger partial charge in [0.2, 0.25) is 0 Å². The van der Waals surface area contributed by atoms with Crippen LogP contribution in [0.3, 0.4) is 0 Å². The molecule has 0 bridgehead atoms. The van der Waals surface area contributed by atoms with Gasteiger partial charge in [0, 0.05) is 18.5 Å². The Balaban J connectivity index is 1.62. The van der Waals surface area contributed by atoms with Gasteiger partial charge in [0.25, 0.3) is 5.91 Å². The number of nitrogens with zero attached hydrogens (tertiary/aromatic N) is 2. The van der Waals surface area contributed by atoms with Crippen molar-refractivity contribution in [1.29, 1.82) is 0 Å². The van der Waals surface area contributed by atoms with E-state index in [1.54, 1.807) is 6.20 Å². The van der Waals surface area contributed by atoms with Crippen LogP contribution < -0.4 is 5.32 Å². The number of aliphatic hydroxyl groups is 1. The molecule has 5 nitrogen and oxygen atoms in total. The summed E-state index contributed by atoms with van der Waals surface area (Å²) in [5, 5.41) is 16.6. The average molecular weight is 341 g/mol. The van der Waals surface area contributed by atoms with E-state index in [0.29, 0.717) is 18.5 Å². The Kier molecular flexibility index (Phi) is 5.53. The first-order valence-corrected chi connectivity index (χ1v) is 9.18. The number of aliphatic hydroxyl groups excluding tert-OH is 1. The number of carbonyl (C=O) groups excluding carboxylic acids is 1. The fraction of sp³-hybridized carbons (Fsp3) is 0.500. The standard InChI is InChI=1S/C20H27N3O2/c1-3-14(2)23-19(17-8-9-17)18(12-22-23)20(25)21-11-10-15-4-6-16(13-24)7-5-15/h4-7,12,14,17,24H,3,8-11,13H2,1-2H3,(H,21,25). The van der Waals surface area contributed by atoms with Crippen LogP contribution in [-0.2, 0) is 13.0 Å². The second-order valence-corrected chi connectivity index (χ2v) is 6.90. The van der Waals surface area contributed by atoms with Crippen molar-refractivity contribution in [2.45, 2.75) is 58.1 Å². The number of hydrogen-bond donors (Lipinski definition) is 2. The highest BCUT2D eigenvalue weighted by atomic mass is 16.3. The highest BCUT2D eigenvalue weighted by molar-refractivity contribution is 5.95. The Morgan fingerprint density at radius 1 is 1.32 bits per heavy atom. The first-order valence-electron chi connectivity index (χ1n) is 9.18. The van der Waals surface area contributed by atoms with Crippen molar-refractivity contribution in [3.05, 3.63) is 52.8 Å². The number of aromatic nitrogens is 2. The summed E-state index contributed by atoms with van der Waals surface area (Å²) in [5.74, 6) is 0.465. The first kappa shape index (κ1) is 17.7. The molecule has 1 aromatic heterocycles. The molecule has 1 unspecified atom stereocenters. The number of amides is 1. The lowest BCUT2D eigenvalue weighted by Crippen LogP contribution is -2.26. The number of benzene rings is 1. The van der Waals surface area contributed by atoms with Gasteiger partial charge in [-0.25, -0.2) is 0 Å². The normalized spacial score (nSPS) is 15.2. The molecule has 0 spiro atoms. The van der Waals surface area contributed by atoms with Gasteiger partial charge in [0.15, 0.2) is 0 Å². The Labute approximate surface area is 149 Å². The predicted octanol–water partition coefficient (Wildman–Crippen LogP) is 3.20. The summed E-state index contributed by atoms with van der Waals surface area (Å²) in [6.45, 7) is 4.94. The van der Waals surface area contributed by atoms with Gasteiger partial charge in [-0.05, 0) is 43.7 Å². The predicted molar refractivity (Wildman–Crippen MR) is 97.6 cm³/mol. The van der Waals surface area contributed by atoms with Crippen LogP contribution in [0, 0.1) is 0 Å². The van der Waals surface area contributed by atoms with E-state index >= 15 is 0 Å². The first-order chi connectivity index (χ1) is 12.1. The number of carbonyl (C=O) groups is 1. The zero-order valence-electron chi connectivity index (χ0n) is 15.0. The largest absolute Gasteiger partial charge is 0.392 e. The Hall–Kier alpha value is -2.14. The van der Waals surface area contributed by atoms with Crippen molar-refractivity contribution >= 4 is 5.91 Å². The monoisotopic (exact) mass is 341 g/mol. The van der Waals surface area contributed by atoms with E-state index in [9.17, 15) is 4.79 Å². The van der Waals surface area contributed by atoms with E-state index in [-0.39, 0.29) is 12.5 Å². The van der Waals surface area contributed by atoms with Crippen LogP contribution in [-0.4, -0.2) is 27.3 Å². The van der Waals surface area contributed by atoms with Gasteiger partial charge in [-0.2, -0.15) is 5.10 Å². The maximum absolute atomic E-state index is 12.6. The molecule has 3 rings (SSSR count). The van der Waals surface area contributed by atoms with Crippen molar-refractivity contribution in [2.24, 2.45) is 0 Å². The Bertz CT molecular complexity index is 717. The molecule has 2 N–H and O–H groups in total. The molecule has 0 aliphatic heterocycles. The van der Waals surface area contributed by atoms with Crippen LogP contribution in [0.2, 0.25) is 0 Å². The number of nitrogens with one attached hydrogen (secondary N) is 1. The summed E-state index contributed by atoms with van der Waals surface area (Å²) >= 11 is 0. The summed E-state index contributed by atoms with van der Waals surface area (Å²) in [6.07, 6.45) is 5.81. The Morgan fingerprint density at radius 2 is 2.00 bits per heavy atom. The molecular weight excluding hydrogens is 314 g/mol. The molecule has 2 aromatic rings. The molecule has 0 radical (unpaired) electrons. The minimum atomic E-state index is -0.0246. The second kappa shape index (κ2) is 7.83. The van der Waals surface area contributed by atoms with Crippen LogP contribution in [0.25, 0.3) is 0 Å². The lowest BCUT2D eigenvalue weighted by molar-refractivity contribution is 0.0953. The van der Waals surface area contributed by atoms with Crippen molar-refractivity contribution in [2.75, 3.05) is 6.54 Å². The molecule has 1 fully saturated rings. The van der Waals surface area contributed by atoms with Gasteiger partial charge in [0.05, 0.1) is 24.1 Å². The van der Waals surface area contributed by atoms with Crippen LogP contribution >= 0.6 is 0 Å². The van der Waals surface area contributed by atoms with Crippen molar-refractivity contribution in [3.8, 4) is 0 Å². The molecule has 1 saturated carbocycles. The molecule has 1 atom stereocenters. The van der Waals surface area contributed by atoms with Gasteiger partial charge in [0.1, 0.15) is 0 Å². The second-order valence-electron chi connectivity index (χ2n) is 6.90. The highest BCUT2D eigenvalue weighted by Gasteiger charge is 2.33. The molecule has 1 aromatic carbocycles. The van der Waals surface area contributed by atoms with Gasteiger partial charge in [-0.15, -0.1) is 0 Å². The maximum Gasteiger partial charge on any atom is 0.254 e. The smallest absolute Gasteiger partial charge is 0.254 e. The summed E-state index contributed by atoms with van der Waals surface area (Å²) in [7, 11) is 0. The van der Waals surface area contributed by atoms with E-state index in [1.165, 1.54) is 0 Å². The summed E-state index contributed by atoms with van der Waals surface area (Å²) < 4.78 is 2.04.